The lowest BCUT2D eigenvalue weighted by atomic mass is 9.80. The number of halogens is 3. The molecule has 2 N–H and O–H groups in total. The average molecular weight is 326 g/mol. The molecular formula is C18H25F3N2. The van der Waals surface area contributed by atoms with Crippen molar-refractivity contribution < 1.29 is 13.2 Å². The molecule has 3 atom stereocenters. The molecule has 1 aromatic rings. The molecule has 0 spiro atoms. The Morgan fingerprint density at radius 1 is 1.17 bits per heavy atom. The van der Waals surface area contributed by atoms with E-state index in [0.29, 0.717) is 12.0 Å². The Bertz CT molecular complexity index is 542. The highest BCUT2D eigenvalue weighted by molar-refractivity contribution is 5.58. The molecular weight excluding hydrogens is 301 g/mol. The van der Waals surface area contributed by atoms with Gasteiger partial charge in [-0.1, -0.05) is 32.6 Å². The zero-order valence-electron chi connectivity index (χ0n) is 13.5. The fraction of sp³-hybridized carbons (Fsp3) is 0.667. The lowest BCUT2D eigenvalue weighted by molar-refractivity contribution is -0.137. The van der Waals surface area contributed by atoms with E-state index in [2.05, 4.69) is 17.6 Å². The van der Waals surface area contributed by atoms with Crippen LogP contribution < -0.4 is 10.6 Å². The van der Waals surface area contributed by atoms with Gasteiger partial charge in [0.25, 0.3) is 0 Å². The van der Waals surface area contributed by atoms with Crippen LogP contribution in [0.15, 0.2) is 18.2 Å². The molecule has 2 aliphatic heterocycles. The molecule has 0 amide bonds. The highest BCUT2D eigenvalue weighted by Gasteiger charge is 2.40. The van der Waals surface area contributed by atoms with E-state index in [1.807, 2.05) is 0 Å². The summed E-state index contributed by atoms with van der Waals surface area (Å²) >= 11 is 0. The lowest BCUT2D eigenvalue weighted by Crippen LogP contribution is -2.38. The maximum absolute atomic E-state index is 13.0. The summed E-state index contributed by atoms with van der Waals surface area (Å²) in [7, 11) is 0. The summed E-state index contributed by atoms with van der Waals surface area (Å²) in [5, 5.41) is 6.93. The van der Waals surface area contributed by atoms with Gasteiger partial charge < -0.3 is 10.6 Å². The summed E-state index contributed by atoms with van der Waals surface area (Å²) < 4.78 is 38.9. The summed E-state index contributed by atoms with van der Waals surface area (Å²) in [4.78, 5) is 0. The third-order valence-electron chi connectivity index (χ3n) is 5.21. The number of anilines is 1. The van der Waals surface area contributed by atoms with Crippen molar-refractivity contribution in [2.75, 3.05) is 11.9 Å². The zero-order chi connectivity index (χ0) is 16.4. The molecule has 2 heterocycles. The predicted octanol–water partition coefficient (Wildman–Crippen LogP) is 5.12. The molecule has 0 saturated carbocycles. The fourth-order valence-electron chi connectivity index (χ4n) is 4.01. The highest BCUT2D eigenvalue weighted by Crippen LogP contribution is 2.44. The van der Waals surface area contributed by atoms with Crippen molar-refractivity contribution in [3.63, 3.8) is 0 Å². The summed E-state index contributed by atoms with van der Waals surface area (Å²) in [6.45, 7) is 3.09. The molecule has 0 unspecified atom stereocenters. The fourth-order valence-corrected chi connectivity index (χ4v) is 4.01. The first-order valence-electron chi connectivity index (χ1n) is 8.71. The second-order valence-electron chi connectivity index (χ2n) is 6.78. The Kier molecular flexibility index (Phi) is 4.85. The van der Waals surface area contributed by atoms with Gasteiger partial charge in [-0.2, -0.15) is 13.2 Å². The van der Waals surface area contributed by atoms with Crippen LogP contribution in [0, 0.1) is 5.92 Å². The molecule has 0 bridgehead atoms. The molecule has 23 heavy (non-hydrogen) atoms. The second-order valence-corrected chi connectivity index (χ2v) is 6.78. The SMILES string of the molecule is CCCCCC[C@H]1Nc2ccc(C(F)(F)F)cc2[C@H]2NCC[C@H]21. The van der Waals surface area contributed by atoms with Gasteiger partial charge in [-0.05, 0) is 49.1 Å². The van der Waals surface area contributed by atoms with Crippen LogP contribution in [0.4, 0.5) is 18.9 Å². The van der Waals surface area contributed by atoms with Gasteiger partial charge in [0.1, 0.15) is 0 Å². The Labute approximate surface area is 135 Å². The average Bonchev–Trinajstić information content (AvgIpc) is 3.00. The molecule has 5 heteroatoms. The number of hydrogen-bond donors (Lipinski definition) is 2. The summed E-state index contributed by atoms with van der Waals surface area (Å²) in [6.07, 6.45) is 2.75. The maximum atomic E-state index is 13.0. The topological polar surface area (TPSA) is 24.1 Å². The molecule has 2 nitrogen and oxygen atoms in total. The van der Waals surface area contributed by atoms with Crippen LogP contribution in [0.5, 0.6) is 0 Å². The highest BCUT2D eigenvalue weighted by atomic mass is 19.4. The van der Waals surface area contributed by atoms with Gasteiger partial charge in [0.05, 0.1) is 5.56 Å². The number of rotatable bonds is 5. The first-order chi connectivity index (χ1) is 11.0. The standard InChI is InChI=1S/C18H25F3N2/c1-2-3-4-5-6-15-13-9-10-22-17(13)14-11-12(18(19,20)21)7-8-16(14)23-15/h7-8,11,13,15,17,22-23H,2-6,9-10H2,1H3/t13-,15+,17-/m0/s1. The molecule has 0 aromatic heterocycles. The van der Waals surface area contributed by atoms with Crippen molar-refractivity contribution in [2.24, 2.45) is 5.92 Å². The molecule has 128 valence electrons. The van der Waals surface area contributed by atoms with Gasteiger partial charge in [-0.15, -0.1) is 0 Å². The van der Waals surface area contributed by atoms with Crippen LogP contribution in [-0.4, -0.2) is 12.6 Å². The van der Waals surface area contributed by atoms with E-state index in [4.69, 9.17) is 0 Å². The van der Waals surface area contributed by atoms with Crippen molar-refractivity contribution in [3.8, 4) is 0 Å². The van der Waals surface area contributed by atoms with E-state index < -0.39 is 11.7 Å². The molecule has 1 aromatic carbocycles. The Balaban J connectivity index is 1.79. The Hall–Kier alpha value is -1.23. The first kappa shape index (κ1) is 16.6. The summed E-state index contributed by atoms with van der Waals surface area (Å²) in [5.41, 5.74) is 1.10. The number of unbranched alkanes of at least 4 members (excludes halogenated alkanes) is 3. The summed E-state index contributed by atoms with van der Waals surface area (Å²) in [6, 6.07) is 4.55. The van der Waals surface area contributed by atoms with Crippen LogP contribution in [-0.2, 0) is 6.18 Å². The first-order valence-corrected chi connectivity index (χ1v) is 8.71. The minimum Gasteiger partial charge on any atom is -0.382 e. The van der Waals surface area contributed by atoms with Crippen LogP contribution in [0.25, 0.3) is 0 Å². The van der Waals surface area contributed by atoms with Crippen LogP contribution in [0.2, 0.25) is 0 Å². The molecule has 3 rings (SSSR count). The van der Waals surface area contributed by atoms with E-state index in [1.165, 1.54) is 37.8 Å². The third-order valence-corrected chi connectivity index (χ3v) is 5.21. The predicted molar refractivity (Wildman–Crippen MR) is 86.5 cm³/mol. The van der Waals surface area contributed by atoms with Crippen LogP contribution >= 0.6 is 0 Å². The smallest absolute Gasteiger partial charge is 0.382 e. The molecule has 0 aliphatic carbocycles. The number of fused-ring (bicyclic) bond motifs is 3. The van der Waals surface area contributed by atoms with Crippen molar-refractivity contribution in [1.82, 2.24) is 5.32 Å². The monoisotopic (exact) mass is 326 g/mol. The number of benzene rings is 1. The minimum atomic E-state index is -4.28. The van der Waals surface area contributed by atoms with Gasteiger partial charge in [-0.25, -0.2) is 0 Å². The Morgan fingerprint density at radius 2 is 2.00 bits per heavy atom. The zero-order valence-corrected chi connectivity index (χ0v) is 13.5. The maximum Gasteiger partial charge on any atom is 0.416 e. The van der Waals surface area contributed by atoms with E-state index in [-0.39, 0.29) is 6.04 Å². The number of alkyl halides is 3. The molecule has 0 radical (unpaired) electrons. The van der Waals surface area contributed by atoms with Gasteiger partial charge in [0.15, 0.2) is 0 Å². The molecule has 1 saturated heterocycles. The largest absolute Gasteiger partial charge is 0.416 e. The van der Waals surface area contributed by atoms with Gasteiger partial charge in [0, 0.05) is 17.8 Å². The van der Waals surface area contributed by atoms with E-state index in [0.717, 1.165) is 30.6 Å². The lowest BCUT2D eigenvalue weighted by Gasteiger charge is -2.37. The number of hydrogen-bond acceptors (Lipinski definition) is 2. The minimum absolute atomic E-state index is 0.0599. The third kappa shape index (κ3) is 3.49. The molecule has 1 fully saturated rings. The van der Waals surface area contributed by atoms with Gasteiger partial charge >= 0.3 is 6.18 Å². The number of nitrogens with one attached hydrogen (secondary N) is 2. The second kappa shape index (κ2) is 6.71. The van der Waals surface area contributed by atoms with Crippen molar-refractivity contribution >= 4 is 5.69 Å². The van der Waals surface area contributed by atoms with Crippen molar-refractivity contribution in [3.05, 3.63) is 29.3 Å². The normalized spacial score (nSPS) is 26.5. The van der Waals surface area contributed by atoms with Crippen LogP contribution in [0.3, 0.4) is 0 Å². The van der Waals surface area contributed by atoms with Crippen molar-refractivity contribution in [2.45, 2.75) is 63.7 Å². The van der Waals surface area contributed by atoms with E-state index in [9.17, 15) is 13.2 Å². The molecule has 2 aliphatic rings. The van der Waals surface area contributed by atoms with Crippen LogP contribution in [0.1, 0.15) is 62.6 Å². The van der Waals surface area contributed by atoms with Gasteiger partial charge in [-0.3, -0.25) is 0 Å². The Morgan fingerprint density at radius 3 is 2.74 bits per heavy atom. The quantitative estimate of drug-likeness (QED) is 0.734. The van der Waals surface area contributed by atoms with Crippen molar-refractivity contribution in [1.29, 1.82) is 0 Å². The summed E-state index contributed by atoms with van der Waals surface area (Å²) in [5.74, 6) is 0.396. The van der Waals surface area contributed by atoms with E-state index >= 15 is 0 Å². The van der Waals surface area contributed by atoms with Gasteiger partial charge in [0.2, 0.25) is 0 Å². The van der Waals surface area contributed by atoms with E-state index in [1.54, 1.807) is 6.07 Å².